The summed E-state index contributed by atoms with van der Waals surface area (Å²) in [5.74, 6) is -5.28. The van der Waals surface area contributed by atoms with Crippen molar-refractivity contribution in [2.45, 2.75) is 26.2 Å². The second kappa shape index (κ2) is 13.7. The van der Waals surface area contributed by atoms with Gasteiger partial charge >= 0.3 is 17.9 Å². The van der Waals surface area contributed by atoms with Gasteiger partial charge in [0.25, 0.3) is 0 Å². The second-order valence-electron chi connectivity index (χ2n) is 9.03. The number of hydrogen-bond donors (Lipinski definition) is 1. The maximum Gasteiger partial charge on any atom is 0.343 e. The summed E-state index contributed by atoms with van der Waals surface area (Å²) in [6.45, 7) is 2.08. The van der Waals surface area contributed by atoms with Crippen molar-refractivity contribution in [3.05, 3.63) is 125 Å². The predicted molar refractivity (Wildman–Crippen MR) is 151 cm³/mol. The Hall–Kier alpha value is -5.24. The van der Waals surface area contributed by atoms with Gasteiger partial charge < -0.3 is 19.3 Å². The van der Waals surface area contributed by atoms with Crippen LogP contribution in [0, 0.1) is 0 Å². The summed E-state index contributed by atoms with van der Waals surface area (Å²) >= 11 is 0. The lowest BCUT2D eigenvalue weighted by Crippen LogP contribution is -2.19. The quantitative estimate of drug-likeness (QED) is 0.0982. The van der Waals surface area contributed by atoms with Crippen LogP contribution in [0.3, 0.4) is 0 Å². The number of hydrogen-bond acceptors (Lipinski definition) is 8. The fourth-order valence-electron chi connectivity index (χ4n) is 3.99. The van der Waals surface area contributed by atoms with E-state index >= 15 is 0 Å². The molecule has 0 aromatic heterocycles. The Morgan fingerprint density at radius 3 is 1.63 bits per heavy atom. The second-order valence-corrected chi connectivity index (χ2v) is 9.03. The first-order valence-electron chi connectivity index (χ1n) is 13.1. The Kier molecular flexibility index (Phi) is 9.62. The molecule has 0 aliphatic carbocycles. The van der Waals surface area contributed by atoms with Crippen LogP contribution >= 0.6 is 0 Å². The van der Waals surface area contributed by atoms with Crippen LogP contribution in [-0.2, 0) is 4.74 Å². The van der Waals surface area contributed by atoms with Crippen LogP contribution in [0.25, 0.3) is 0 Å². The van der Waals surface area contributed by atoms with Gasteiger partial charge in [0.2, 0.25) is 5.75 Å². The Labute approximate surface area is 237 Å². The Morgan fingerprint density at radius 2 is 1.12 bits per heavy atom. The summed E-state index contributed by atoms with van der Waals surface area (Å²) in [7, 11) is 0. The first-order valence-corrected chi connectivity index (χ1v) is 13.1. The van der Waals surface area contributed by atoms with Gasteiger partial charge in [0.05, 0.1) is 28.9 Å². The average Bonchev–Trinajstić information content (AvgIpc) is 3.01. The topological polar surface area (TPSA) is 116 Å². The van der Waals surface area contributed by atoms with Crippen LogP contribution in [0.2, 0.25) is 0 Å². The van der Waals surface area contributed by atoms with Crippen LogP contribution in [0.15, 0.2) is 97.1 Å². The fourth-order valence-corrected chi connectivity index (χ4v) is 3.99. The van der Waals surface area contributed by atoms with Gasteiger partial charge in [0, 0.05) is 5.56 Å². The highest BCUT2D eigenvalue weighted by Gasteiger charge is 2.33. The van der Waals surface area contributed by atoms with E-state index in [0.29, 0.717) is 6.42 Å². The number of carbonyl (C=O) groups excluding carboxylic acids is 4. The Balaban J connectivity index is 1.89. The van der Waals surface area contributed by atoms with Crippen LogP contribution in [0.1, 0.15) is 73.2 Å². The highest BCUT2D eigenvalue weighted by Crippen LogP contribution is 2.44. The molecule has 0 spiro atoms. The Morgan fingerprint density at radius 1 is 0.634 bits per heavy atom. The lowest BCUT2D eigenvalue weighted by Gasteiger charge is -2.18. The van der Waals surface area contributed by atoms with Crippen LogP contribution in [0.5, 0.6) is 17.2 Å². The zero-order chi connectivity index (χ0) is 29.2. The van der Waals surface area contributed by atoms with E-state index in [-0.39, 0.29) is 28.9 Å². The zero-order valence-corrected chi connectivity index (χ0v) is 22.4. The third-order valence-electron chi connectivity index (χ3n) is 6.09. The molecule has 4 aromatic rings. The van der Waals surface area contributed by atoms with Gasteiger partial charge in [-0.2, -0.15) is 0 Å². The van der Waals surface area contributed by atoms with E-state index in [1.807, 2.05) is 6.92 Å². The maximum atomic E-state index is 13.9. The van der Waals surface area contributed by atoms with Crippen molar-refractivity contribution in [3.63, 3.8) is 0 Å². The van der Waals surface area contributed by atoms with E-state index in [0.717, 1.165) is 18.9 Å². The molecule has 8 heteroatoms. The minimum Gasteiger partial charge on any atom is -0.504 e. The molecule has 4 aromatic carbocycles. The number of carbonyl (C=O) groups is 4. The number of esters is 3. The SMILES string of the molecule is CCCCCOC(=O)c1cc(O)c(OC(=O)c2ccccc2)c(OC(=O)c2ccccc2)c1C(=O)c1ccccc1. The number of rotatable bonds is 11. The van der Waals surface area contributed by atoms with Crippen LogP contribution in [0.4, 0.5) is 0 Å². The fraction of sp³-hybridized carbons (Fsp3) is 0.152. The normalized spacial score (nSPS) is 10.5. The molecular formula is C33H28O8. The highest BCUT2D eigenvalue weighted by atomic mass is 16.6. The molecule has 208 valence electrons. The molecule has 4 rings (SSSR count). The van der Waals surface area contributed by atoms with Crippen molar-refractivity contribution in [3.8, 4) is 17.2 Å². The first-order chi connectivity index (χ1) is 19.9. The van der Waals surface area contributed by atoms with E-state index in [9.17, 15) is 24.3 Å². The van der Waals surface area contributed by atoms with Gasteiger partial charge in [-0.05, 0) is 36.8 Å². The molecule has 0 heterocycles. The van der Waals surface area contributed by atoms with Gasteiger partial charge in [-0.15, -0.1) is 0 Å². The number of phenolic OH excluding ortho intramolecular Hbond substituents is 1. The lowest BCUT2D eigenvalue weighted by atomic mass is 9.96. The minimum absolute atomic E-state index is 0.0796. The Bertz CT molecular complexity index is 1530. The summed E-state index contributed by atoms with van der Waals surface area (Å²) in [5, 5.41) is 11.0. The third kappa shape index (κ3) is 7.05. The molecule has 0 aliphatic heterocycles. The average molecular weight is 553 g/mol. The van der Waals surface area contributed by atoms with Gasteiger partial charge in [-0.1, -0.05) is 86.5 Å². The van der Waals surface area contributed by atoms with E-state index in [1.165, 1.54) is 36.4 Å². The van der Waals surface area contributed by atoms with E-state index in [2.05, 4.69) is 0 Å². The van der Waals surface area contributed by atoms with Crippen molar-refractivity contribution >= 4 is 23.7 Å². The summed E-state index contributed by atoms with van der Waals surface area (Å²) in [4.78, 5) is 53.3. The largest absolute Gasteiger partial charge is 0.504 e. The number of unbranched alkanes of at least 4 members (excludes halogenated alkanes) is 2. The molecule has 0 bridgehead atoms. The standard InChI is InChI=1S/C33H28O8/c1-2-3-13-20-39-33(38)25-21-26(34)29(40-31(36)23-16-9-5-10-17-23)30(41-32(37)24-18-11-6-12-19-24)27(25)28(35)22-14-7-4-8-15-22/h4-12,14-19,21,34H,2-3,13,20H2,1H3. The summed E-state index contributed by atoms with van der Waals surface area (Å²) in [6, 6.07) is 24.8. The smallest absolute Gasteiger partial charge is 0.343 e. The minimum atomic E-state index is -0.909. The molecule has 0 atom stereocenters. The van der Waals surface area contributed by atoms with Gasteiger partial charge in [0.1, 0.15) is 0 Å². The number of ether oxygens (including phenoxy) is 3. The number of aromatic hydroxyl groups is 1. The molecule has 0 saturated heterocycles. The van der Waals surface area contributed by atoms with E-state index in [1.54, 1.807) is 54.6 Å². The molecule has 1 N–H and O–H groups in total. The molecule has 0 unspecified atom stereocenters. The molecule has 0 saturated carbocycles. The maximum absolute atomic E-state index is 13.9. The van der Waals surface area contributed by atoms with Crippen molar-refractivity contribution in [2.24, 2.45) is 0 Å². The zero-order valence-electron chi connectivity index (χ0n) is 22.4. The molecule has 0 radical (unpaired) electrons. The highest BCUT2D eigenvalue weighted by molar-refractivity contribution is 6.17. The molecule has 8 nitrogen and oxygen atoms in total. The van der Waals surface area contributed by atoms with Gasteiger partial charge in [-0.25, -0.2) is 14.4 Å². The van der Waals surface area contributed by atoms with Gasteiger partial charge in [-0.3, -0.25) is 4.79 Å². The van der Waals surface area contributed by atoms with E-state index < -0.39 is 46.5 Å². The molecule has 41 heavy (non-hydrogen) atoms. The summed E-state index contributed by atoms with van der Waals surface area (Å²) in [5.41, 5.74) is -0.311. The van der Waals surface area contributed by atoms with E-state index in [4.69, 9.17) is 14.2 Å². The van der Waals surface area contributed by atoms with Crippen molar-refractivity contribution in [2.75, 3.05) is 6.61 Å². The van der Waals surface area contributed by atoms with Crippen molar-refractivity contribution in [1.29, 1.82) is 0 Å². The molecule has 0 aliphatic rings. The third-order valence-corrected chi connectivity index (χ3v) is 6.09. The monoisotopic (exact) mass is 552 g/mol. The van der Waals surface area contributed by atoms with Crippen molar-refractivity contribution < 1.29 is 38.5 Å². The van der Waals surface area contributed by atoms with Crippen LogP contribution < -0.4 is 9.47 Å². The lowest BCUT2D eigenvalue weighted by molar-refractivity contribution is 0.0492. The number of benzene rings is 4. The number of ketones is 1. The van der Waals surface area contributed by atoms with Crippen LogP contribution in [-0.4, -0.2) is 35.4 Å². The predicted octanol–water partition coefficient (Wildman–Crippen LogP) is 6.41. The molecule has 0 fully saturated rings. The summed E-state index contributed by atoms with van der Waals surface area (Å²) < 4.78 is 16.6. The van der Waals surface area contributed by atoms with Crippen molar-refractivity contribution in [1.82, 2.24) is 0 Å². The summed E-state index contributed by atoms with van der Waals surface area (Å²) in [6.07, 6.45) is 2.32. The first kappa shape index (κ1) is 28.8. The molecular weight excluding hydrogens is 524 g/mol. The van der Waals surface area contributed by atoms with Gasteiger partial charge in [0.15, 0.2) is 17.3 Å². The molecule has 0 amide bonds. The number of phenols is 1.